The number of benzene rings is 1. The number of hydrogen-bond acceptors (Lipinski definition) is 3. The first kappa shape index (κ1) is 15.0. The highest BCUT2D eigenvalue weighted by Gasteiger charge is 2.31. The molecule has 0 fully saturated rings. The topological polar surface area (TPSA) is 81.4 Å². The molecule has 1 aromatic carbocycles. The second-order valence-electron chi connectivity index (χ2n) is 5.41. The average molecular weight is 264 g/mol. The highest BCUT2D eigenvalue weighted by Crippen LogP contribution is 2.19. The van der Waals surface area contributed by atoms with Crippen molar-refractivity contribution in [2.24, 2.45) is 11.1 Å². The number of primary amides is 1. The van der Waals surface area contributed by atoms with Crippen molar-refractivity contribution in [1.82, 2.24) is 5.32 Å². The largest absolute Gasteiger partial charge is 0.445 e. The van der Waals surface area contributed by atoms with Crippen LogP contribution in [0.1, 0.15) is 26.3 Å². The molecule has 0 aliphatic heterocycles. The van der Waals surface area contributed by atoms with E-state index in [0.29, 0.717) is 0 Å². The first-order valence-corrected chi connectivity index (χ1v) is 6.07. The zero-order valence-corrected chi connectivity index (χ0v) is 11.5. The Morgan fingerprint density at radius 1 is 1.26 bits per heavy atom. The van der Waals surface area contributed by atoms with E-state index >= 15 is 0 Å². The van der Waals surface area contributed by atoms with Crippen LogP contribution in [0.25, 0.3) is 0 Å². The zero-order chi connectivity index (χ0) is 14.5. The first-order chi connectivity index (χ1) is 8.80. The van der Waals surface area contributed by atoms with E-state index in [0.717, 1.165) is 5.56 Å². The number of amides is 2. The smallest absolute Gasteiger partial charge is 0.408 e. The zero-order valence-electron chi connectivity index (χ0n) is 11.5. The minimum Gasteiger partial charge on any atom is -0.445 e. The predicted molar refractivity (Wildman–Crippen MR) is 72.2 cm³/mol. The molecule has 2 amide bonds. The molecular formula is C14H20N2O3. The molecule has 0 aliphatic carbocycles. The normalized spacial score (nSPS) is 12.6. The molecule has 0 saturated heterocycles. The quantitative estimate of drug-likeness (QED) is 0.870. The van der Waals surface area contributed by atoms with Crippen LogP contribution in [0.5, 0.6) is 0 Å². The fourth-order valence-electron chi connectivity index (χ4n) is 1.60. The van der Waals surface area contributed by atoms with Gasteiger partial charge in [0, 0.05) is 0 Å². The summed E-state index contributed by atoms with van der Waals surface area (Å²) in [6.07, 6.45) is -0.650. The summed E-state index contributed by atoms with van der Waals surface area (Å²) in [5.74, 6) is -0.579. The third-order valence-corrected chi connectivity index (χ3v) is 2.63. The molecule has 0 radical (unpaired) electrons. The number of carbonyl (C=O) groups is 2. The Morgan fingerprint density at radius 2 is 1.84 bits per heavy atom. The molecule has 1 aromatic rings. The summed E-state index contributed by atoms with van der Waals surface area (Å²) < 4.78 is 5.05. The van der Waals surface area contributed by atoms with Gasteiger partial charge in [-0.1, -0.05) is 51.1 Å². The van der Waals surface area contributed by atoms with E-state index in [-0.39, 0.29) is 6.61 Å². The molecule has 0 bridgehead atoms. The Labute approximate surface area is 113 Å². The minimum atomic E-state index is -0.768. The molecule has 104 valence electrons. The van der Waals surface area contributed by atoms with Gasteiger partial charge >= 0.3 is 6.09 Å². The molecule has 0 aliphatic rings. The minimum absolute atomic E-state index is 0.155. The van der Waals surface area contributed by atoms with Crippen molar-refractivity contribution in [3.63, 3.8) is 0 Å². The third kappa shape index (κ3) is 4.99. The van der Waals surface area contributed by atoms with E-state index in [2.05, 4.69) is 5.32 Å². The van der Waals surface area contributed by atoms with Crippen molar-refractivity contribution < 1.29 is 14.3 Å². The van der Waals surface area contributed by atoms with Crippen molar-refractivity contribution >= 4 is 12.0 Å². The molecular weight excluding hydrogens is 244 g/mol. The van der Waals surface area contributed by atoms with Gasteiger partial charge in [-0.3, -0.25) is 4.79 Å². The molecule has 5 heteroatoms. The summed E-state index contributed by atoms with van der Waals surface area (Å²) in [6.45, 7) is 5.61. The molecule has 5 nitrogen and oxygen atoms in total. The second-order valence-corrected chi connectivity index (χ2v) is 5.41. The maximum atomic E-state index is 11.6. The maximum absolute atomic E-state index is 11.6. The monoisotopic (exact) mass is 264 g/mol. The Bertz CT molecular complexity index is 438. The van der Waals surface area contributed by atoms with Crippen LogP contribution in [-0.4, -0.2) is 18.0 Å². The fraction of sp³-hybridized carbons (Fsp3) is 0.429. The molecule has 0 aromatic heterocycles. The Hall–Kier alpha value is -2.04. The van der Waals surface area contributed by atoms with Crippen LogP contribution in [0.15, 0.2) is 30.3 Å². The van der Waals surface area contributed by atoms with E-state index < -0.39 is 23.5 Å². The summed E-state index contributed by atoms with van der Waals surface area (Å²) >= 11 is 0. The highest BCUT2D eigenvalue weighted by atomic mass is 16.5. The fourth-order valence-corrected chi connectivity index (χ4v) is 1.60. The molecule has 0 heterocycles. The van der Waals surface area contributed by atoms with Gasteiger partial charge in [-0.15, -0.1) is 0 Å². The third-order valence-electron chi connectivity index (χ3n) is 2.63. The van der Waals surface area contributed by atoms with Gasteiger partial charge < -0.3 is 15.8 Å². The molecule has 0 spiro atoms. The van der Waals surface area contributed by atoms with Crippen molar-refractivity contribution in [3.05, 3.63) is 35.9 Å². The van der Waals surface area contributed by atoms with E-state index in [4.69, 9.17) is 10.5 Å². The van der Waals surface area contributed by atoms with Crippen molar-refractivity contribution in [2.75, 3.05) is 0 Å². The molecule has 1 rings (SSSR count). The lowest BCUT2D eigenvalue weighted by atomic mass is 9.86. The SMILES string of the molecule is CC(C)(C)[C@@H](NC(=O)OCc1ccccc1)C(N)=O. The van der Waals surface area contributed by atoms with Crippen LogP contribution in [0.4, 0.5) is 4.79 Å². The average Bonchev–Trinajstić information content (AvgIpc) is 2.33. The van der Waals surface area contributed by atoms with Crippen molar-refractivity contribution in [1.29, 1.82) is 0 Å². The number of nitrogens with one attached hydrogen (secondary N) is 1. The summed E-state index contributed by atoms with van der Waals surface area (Å²) in [4.78, 5) is 22.9. The lowest BCUT2D eigenvalue weighted by Crippen LogP contribution is -2.52. The van der Waals surface area contributed by atoms with Gasteiger partial charge in [0.05, 0.1) is 0 Å². The lowest BCUT2D eigenvalue weighted by molar-refractivity contribution is -0.122. The number of ether oxygens (including phenoxy) is 1. The number of rotatable bonds is 4. The van der Waals surface area contributed by atoms with Crippen LogP contribution < -0.4 is 11.1 Å². The molecule has 19 heavy (non-hydrogen) atoms. The van der Waals surface area contributed by atoms with Crippen molar-refractivity contribution in [2.45, 2.75) is 33.4 Å². The van der Waals surface area contributed by atoms with Crippen LogP contribution in [0, 0.1) is 5.41 Å². The number of nitrogens with two attached hydrogens (primary N) is 1. The molecule has 0 unspecified atom stereocenters. The van der Waals surface area contributed by atoms with Crippen LogP contribution in [0.2, 0.25) is 0 Å². The van der Waals surface area contributed by atoms with Crippen molar-refractivity contribution in [3.8, 4) is 0 Å². The van der Waals surface area contributed by atoms with Gasteiger partial charge in [-0.25, -0.2) is 4.79 Å². The maximum Gasteiger partial charge on any atom is 0.408 e. The van der Waals surface area contributed by atoms with Gasteiger partial charge in [0.1, 0.15) is 12.6 Å². The van der Waals surface area contributed by atoms with Gasteiger partial charge in [0.2, 0.25) is 5.91 Å². The highest BCUT2D eigenvalue weighted by molar-refractivity contribution is 5.84. The number of alkyl carbamates (subject to hydrolysis) is 1. The molecule has 3 N–H and O–H groups in total. The van der Waals surface area contributed by atoms with Crippen LogP contribution >= 0.6 is 0 Å². The van der Waals surface area contributed by atoms with Crippen LogP contribution in [0.3, 0.4) is 0 Å². The summed E-state index contributed by atoms with van der Waals surface area (Å²) in [7, 11) is 0. The Kier molecular flexibility index (Phi) is 4.92. The van der Waals surface area contributed by atoms with E-state index in [1.165, 1.54) is 0 Å². The number of hydrogen-bond donors (Lipinski definition) is 2. The van der Waals surface area contributed by atoms with E-state index in [9.17, 15) is 9.59 Å². The molecule has 0 saturated carbocycles. The van der Waals surface area contributed by atoms with E-state index in [1.807, 2.05) is 51.1 Å². The van der Waals surface area contributed by atoms with Crippen LogP contribution in [-0.2, 0) is 16.1 Å². The Balaban J connectivity index is 2.52. The standard InChI is InChI=1S/C14H20N2O3/c1-14(2,3)11(12(15)17)16-13(18)19-9-10-7-5-4-6-8-10/h4-8,11H,9H2,1-3H3,(H2,15,17)(H,16,18)/t11-/m0/s1. The van der Waals surface area contributed by atoms with Gasteiger partial charge in [0.15, 0.2) is 0 Å². The Morgan fingerprint density at radius 3 is 2.32 bits per heavy atom. The summed E-state index contributed by atoms with van der Waals surface area (Å²) in [5.41, 5.74) is 5.69. The summed E-state index contributed by atoms with van der Waals surface area (Å²) in [5, 5.41) is 2.49. The lowest BCUT2D eigenvalue weighted by Gasteiger charge is -2.28. The predicted octanol–water partition coefficient (Wildman–Crippen LogP) is 1.81. The van der Waals surface area contributed by atoms with Gasteiger partial charge in [0.25, 0.3) is 0 Å². The first-order valence-electron chi connectivity index (χ1n) is 6.07. The van der Waals surface area contributed by atoms with Gasteiger partial charge in [-0.05, 0) is 11.0 Å². The number of carbonyl (C=O) groups excluding carboxylic acids is 2. The second kappa shape index (κ2) is 6.22. The molecule has 1 atom stereocenters. The summed E-state index contributed by atoms with van der Waals surface area (Å²) in [6, 6.07) is 8.53. The van der Waals surface area contributed by atoms with Gasteiger partial charge in [-0.2, -0.15) is 0 Å². The van der Waals surface area contributed by atoms with E-state index in [1.54, 1.807) is 0 Å².